The van der Waals surface area contributed by atoms with Gasteiger partial charge < -0.3 is 5.32 Å². The summed E-state index contributed by atoms with van der Waals surface area (Å²) in [4.78, 5) is 28.3. The Kier molecular flexibility index (Phi) is 6.16. The Morgan fingerprint density at radius 3 is 2.93 bits per heavy atom. The lowest BCUT2D eigenvalue weighted by Gasteiger charge is -2.08. The molecule has 3 N–H and O–H groups in total. The molecule has 10 heteroatoms. The van der Waals surface area contributed by atoms with E-state index in [1.165, 1.54) is 12.3 Å². The van der Waals surface area contributed by atoms with E-state index in [9.17, 15) is 14.0 Å². The average molecular weight is 413 g/mol. The summed E-state index contributed by atoms with van der Waals surface area (Å²) in [6.45, 7) is 0. The van der Waals surface area contributed by atoms with Crippen LogP contribution in [0.4, 0.5) is 10.1 Å². The minimum atomic E-state index is -0.959. The highest BCUT2D eigenvalue weighted by Crippen LogP contribution is 2.17. The first-order valence-corrected chi connectivity index (χ1v) is 8.76. The van der Waals surface area contributed by atoms with Crippen LogP contribution in [0.1, 0.15) is 17.5 Å². The van der Waals surface area contributed by atoms with Gasteiger partial charge in [-0.15, -0.1) is 0 Å². The molecule has 0 spiro atoms. The Morgan fingerprint density at radius 2 is 2.17 bits per heavy atom. The molecule has 0 aliphatic carbocycles. The first-order chi connectivity index (χ1) is 14.0. The van der Waals surface area contributed by atoms with E-state index >= 15 is 0 Å². The second-order valence-corrected chi connectivity index (χ2v) is 6.34. The maximum atomic E-state index is 13.2. The molecular weight excluding hydrogens is 399 g/mol. The molecule has 29 heavy (non-hydrogen) atoms. The van der Waals surface area contributed by atoms with E-state index in [0.29, 0.717) is 10.6 Å². The maximum absolute atomic E-state index is 13.2. The van der Waals surface area contributed by atoms with Crippen molar-refractivity contribution in [2.45, 2.75) is 12.5 Å². The topological polar surface area (TPSA) is 119 Å². The number of benzene rings is 2. The highest BCUT2D eigenvalue weighted by atomic mass is 35.5. The minimum absolute atomic E-state index is 0.0195. The zero-order chi connectivity index (χ0) is 20.8. The van der Waals surface area contributed by atoms with E-state index in [4.69, 9.17) is 16.9 Å². The number of nitriles is 1. The summed E-state index contributed by atoms with van der Waals surface area (Å²) in [5.41, 5.74) is 3.39. The zero-order valence-electron chi connectivity index (χ0n) is 14.8. The quantitative estimate of drug-likeness (QED) is 0.515. The number of rotatable bonds is 5. The van der Waals surface area contributed by atoms with Crippen molar-refractivity contribution in [3.63, 3.8) is 0 Å². The molecule has 0 aromatic heterocycles. The van der Waals surface area contributed by atoms with Crippen molar-refractivity contribution in [1.29, 1.82) is 5.26 Å². The number of aliphatic imine (C=N–C) groups is 1. The number of hydrazone groups is 1. The van der Waals surface area contributed by atoms with Gasteiger partial charge in [-0.2, -0.15) is 10.4 Å². The summed E-state index contributed by atoms with van der Waals surface area (Å²) in [6.07, 6.45) is 1.21. The molecule has 1 atom stereocenters. The fraction of sp³-hybridized carbons (Fsp3) is 0.105. The predicted octanol–water partition coefficient (Wildman–Crippen LogP) is 2.16. The van der Waals surface area contributed by atoms with Crippen LogP contribution in [-0.2, 0) is 9.59 Å². The van der Waals surface area contributed by atoms with Gasteiger partial charge in [-0.1, -0.05) is 29.8 Å². The van der Waals surface area contributed by atoms with Crippen molar-refractivity contribution >= 4 is 41.3 Å². The molecule has 0 saturated heterocycles. The summed E-state index contributed by atoms with van der Waals surface area (Å²) in [6, 6.07) is 11.3. The number of hydrogen-bond acceptors (Lipinski definition) is 6. The fourth-order valence-electron chi connectivity index (χ4n) is 2.48. The zero-order valence-corrected chi connectivity index (χ0v) is 15.6. The molecular formula is C19H14ClFN6O2. The summed E-state index contributed by atoms with van der Waals surface area (Å²) >= 11 is 6.02. The molecule has 3 rings (SSSR count). The number of carbonyl (C=O) groups excluding carboxylic acids is 2. The molecule has 1 aliphatic heterocycles. The SMILES string of the molecule is N#Cc1cc(F)ccc1NC(=O)C[C@@H]1N=C(N/N=C\c2ccccc2Cl)NC1=O. The minimum Gasteiger partial charge on any atom is -0.325 e. The second kappa shape index (κ2) is 8.95. The smallest absolute Gasteiger partial charge is 0.252 e. The standard InChI is InChI=1S/C19H14ClFN6O2/c20-14-4-2-1-3-11(14)10-23-27-19-25-16(18(29)26-19)8-17(28)24-15-6-5-13(21)7-12(15)9-22/h1-7,10,16H,8H2,(H,24,28)(H2,25,26,27,29)/b23-10-/t16-/m0/s1. The van der Waals surface area contributed by atoms with E-state index in [1.54, 1.807) is 30.3 Å². The van der Waals surface area contributed by atoms with Crippen LogP contribution in [0, 0.1) is 17.1 Å². The second-order valence-electron chi connectivity index (χ2n) is 5.93. The van der Waals surface area contributed by atoms with Crippen LogP contribution in [0.25, 0.3) is 0 Å². The summed E-state index contributed by atoms with van der Waals surface area (Å²) in [5, 5.41) is 18.4. The molecule has 2 aromatic rings. The van der Waals surface area contributed by atoms with Gasteiger partial charge in [0.1, 0.15) is 17.9 Å². The molecule has 8 nitrogen and oxygen atoms in total. The van der Waals surface area contributed by atoms with Crippen LogP contribution < -0.4 is 16.1 Å². The van der Waals surface area contributed by atoms with Crippen molar-refractivity contribution in [2.24, 2.45) is 10.1 Å². The van der Waals surface area contributed by atoms with Crippen LogP contribution in [0.5, 0.6) is 0 Å². The van der Waals surface area contributed by atoms with E-state index in [-0.39, 0.29) is 23.6 Å². The monoisotopic (exact) mass is 412 g/mol. The number of guanidine groups is 1. The van der Waals surface area contributed by atoms with E-state index in [2.05, 4.69) is 26.2 Å². The van der Waals surface area contributed by atoms with Crippen molar-refractivity contribution in [1.82, 2.24) is 10.7 Å². The van der Waals surface area contributed by atoms with Crippen LogP contribution in [-0.4, -0.2) is 30.0 Å². The molecule has 0 fully saturated rings. The number of carbonyl (C=O) groups is 2. The molecule has 0 saturated carbocycles. The van der Waals surface area contributed by atoms with Crippen molar-refractivity contribution in [3.05, 3.63) is 64.4 Å². The summed E-state index contributed by atoms with van der Waals surface area (Å²) < 4.78 is 13.2. The Bertz CT molecular complexity index is 1060. The van der Waals surface area contributed by atoms with Crippen molar-refractivity contribution in [3.8, 4) is 6.07 Å². The Balaban J connectivity index is 1.59. The third-order valence-corrected chi connectivity index (χ3v) is 4.21. The van der Waals surface area contributed by atoms with Crippen molar-refractivity contribution < 1.29 is 14.0 Å². The molecule has 2 amide bonds. The predicted molar refractivity (Wildman–Crippen MR) is 106 cm³/mol. The lowest BCUT2D eigenvalue weighted by molar-refractivity contribution is -0.123. The number of nitrogens with zero attached hydrogens (tertiary/aromatic N) is 3. The van der Waals surface area contributed by atoms with Gasteiger partial charge in [0.05, 0.1) is 23.9 Å². The highest BCUT2D eigenvalue weighted by molar-refractivity contribution is 6.33. The van der Waals surface area contributed by atoms with Crippen molar-refractivity contribution in [2.75, 3.05) is 5.32 Å². The van der Waals surface area contributed by atoms with Gasteiger partial charge in [-0.3, -0.25) is 14.9 Å². The van der Waals surface area contributed by atoms with E-state index < -0.39 is 23.7 Å². The Morgan fingerprint density at radius 1 is 1.38 bits per heavy atom. The number of hydrogen-bond donors (Lipinski definition) is 3. The number of anilines is 1. The number of amides is 2. The third-order valence-electron chi connectivity index (χ3n) is 3.86. The van der Waals surface area contributed by atoms with Gasteiger partial charge in [0.15, 0.2) is 0 Å². The largest absolute Gasteiger partial charge is 0.325 e. The number of halogens is 2. The van der Waals surface area contributed by atoms with Gasteiger partial charge in [0.25, 0.3) is 5.91 Å². The van der Waals surface area contributed by atoms with Crippen LogP contribution in [0.3, 0.4) is 0 Å². The maximum Gasteiger partial charge on any atom is 0.252 e. The van der Waals surface area contributed by atoms with Gasteiger partial charge >= 0.3 is 0 Å². The normalized spacial score (nSPS) is 15.6. The summed E-state index contributed by atoms with van der Waals surface area (Å²) in [5.74, 6) is -1.52. The van der Waals surface area contributed by atoms with Gasteiger partial charge in [0.2, 0.25) is 11.9 Å². The van der Waals surface area contributed by atoms with Crippen LogP contribution >= 0.6 is 11.6 Å². The van der Waals surface area contributed by atoms with E-state index in [1.807, 2.05) is 0 Å². The average Bonchev–Trinajstić information content (AvgIpc) is 3.03. The lowest BCUT2D eigenvalue weighted by Crippen LogP contribution is -2.35. The molecule has 2 aromatic carbocycles. The number of nitrogens with one attached hydrogen (secondary N) is 3. The van der Waals surface area contributed by atoms with Gasteiger partial charge in [-0.05, 0) is 24.3 Å². The molecule has 0 radical (unpaired) electrons. The van der Waals surface area contributed by atoms with Crippen LogP contribution in [0.15, 0.2) is 52.6 Å². The van der Waals surface area contributed by atoms with Gasteiger partial charge in [-0.25, -0.2) is 14.8 Å². The third kappa shape index (κ3) is 5.15. The van der Waals surface area contributed by atoms with E-state index in [0.717, 1.165) is 12.1 Å². The summed E-state index contributed by atoms with van der Waals surface area (Å²) in [7, 11) is 0. The lowest BCUT2D eigenvalue weighted by atomic mass is 10.1. The van der Waals surface area contributed by atoms with Gasteiger partial charge in [0, 0.05) is 10.6 Å². The molecule has 1 aliphatic rings. The Hall–Kier alpha value is -3.77. The molecule has 0 bridgehead atoms. The fourth-order valence-corrected chi connectivity index (χ4v) is 2.66. The molecule has 0 unspecified atom stereocenters. The first-order valence-electron chi connectivity index (χ1n) is 8.38. The first kappa shape index (κ1) is 20.0. The highest BCUT2D eigenvalue weighted by Gasteiger charge is 2.28. The molecule has 146 valence electrons. The Labute approximate surface area is 170 Å². The van der Waals surface area contributed by atoms with Crippen LogP contribution in [0.2, 0.25) is 5.02 Å². The molecule has 1 heterocycles.